The van der Waals surface area contributed by atoms with Crippen LogP contribution in [0.1, 0.15) is 6.42 Å². The molecule has 2 aromatic carbocycles. The zero-order chi connectivity index (χ0) is 21.1. The smallest absolute Gasteiger partial charge is 0.329 e. The predicted octanol–water partition coefficient (Wildman–Crippen LogP) is 2.75. The Morgan fingerprint density at radius 1 is 1.07 bits per heavy atom. The highest BCUT2D eigenvalue weighted by molar-refractivity contribution is 7.98. The Morgan fingerprint density at radius 2 is 1.76 bits per heavy atom. The molecule has 0 radical (unpaired) electrons. The van der Waals surface area contributed by atoms with Gasteiger partial charge in [0.1, 0.15) is 11.8 Å². The first kappa shape index (κ1) is 22.1. The molecule has 154 valence electrons. The Hall–Kier alpha value is -3.20. The van der Waals surface area contributed by atoms with Gasteiger partial charge in [-0.1, -0.05) is 30.3 Å². The van der Waals surface area contributed by atoms with Crippen LogP contribution in [-0.2, 0) is 14.3 Å². The fourth-order valence-corrected chi connectivity index (χ4v) is 2.83. The van der Waals surface area contributed by atoms with Crippen LogP contribution in [0, 0.1) is 0 Å². The topological polar surface area (TPSA) is 120 Å². The maximum atomic E-state index is 12.2. The standard InChI is InChI=1S/C20H23N3O5S/c1-29-12-11-16(23-20(21)26)19(25)27-13-18(24)22-15-9-5-6-10-17(15)28-14-7-3-2-4-8-14/h2-10,16H,11-13H2,1H3,(H,22,24)(H3,21,23,26)/t16-/m1/s1. The minimum absolute atomic E-state index is 0.346. The Labute approximate surface area is 173 Å². The van der Waals surface area contributed by atoms with Gasteiger partial charge >= 0.3 is 12.0 Å². The largest absolute Gasteiger partial charge is 0.455 e. The van der Waals surface area contributed by atoms with Crippen LogP contribution >= 0.6 is 11.8 Å². The second-order valence-electron chi connectivity index (χ2n) is 5.91. The lowest BCUT2D eigenvalue weighted by Crippen LogP contribution is -2.45. The van der Waals surface area contributed by atoms with Crippen molar-refractivity contribution in [1.29, 1.82) is 0 Å². The van der Waals surface area contributed by atoms with E-state index in [0.717, 1.165) is 0 Å². The van der Waals surface area contributed by atoms with Crippen LogP contribution in [0.2, 0.25) is 0 Å². The van der Waals surface area contributed by atoms with Crippen LogP contribution < -0.4 is 21.1 Å². The lowest BCUT2D eigenvalue weighted by molar-refractivity contribution is -0.149. The molecular weight excluding hydrogens is 394 g/mol. The van der Waals surface area contributed by atoms with Crippen LogP contribution in [0.3, 0.4) is 0 Å². The van der Waals surface area contributed by atoms with Crippen LogP contribution in [-0.4, -0.2) is 42.6 Å². The van der Waals surface area contributed by atoms with Gasteiger partial charge in [-0.05, 0) is 42.7 Å². The molecule has 29 heavy (non-hydrogen) atoms. The number of amides is 3. The number of esters is 1. The van der Waals surface area contributed by atoms with E-state index in [0.29, 0.717) is 29.4 Å². The highest BCUT2D eigenvalue weighted by atomic mass is 32.2. The summed E-state index contributed by atoms with van der Waals surface area (Å²) in [5.41, 5.74) is 5.52. The van der Waals surface area contributed by atoms with Gasteiger partial charge in [-0.15, -0.1) is 0 Å². The van der Waals surface area contributed by atoms with E-state index in [1.165, 1.54) is 11.8 Å². The molecule has 0 heterocycles. The van der Waals surface area contributed by atoms with E-state index >= 15 is 0 Å². The summed E-state index contributed by atoms with van der Waals surface area (Å²) in [4.78, 5) is 35.4. The van der Waals surface area contributed by atoms with E-state index in [9.17, 15) is 14.4 Å². The van der Waals surface area contributed by atoms with Crippen LogP contribution in [0.15, 0.2) is 54.6 Å². The third kappa shape index (κ3) is 7.74. The van der Waals surface area contributed by atoms with Crippen molar-refractivity contribution in [2.75, 3.05) is 23.9 Å². The van der Waals surface area contributed by atoms with Gasteiger partial charge in [0.15, 0.2) is 12.4 Å². The van der Waals surface area contributed by atoms with Crippen molar-refractivity contribution in [2.45, 2.75) is 12.5 Å². The Morgan fingerprint density at radius 3 is 2.45 bits per heavy atom. The van der Waals surface area contributed by atoms with E-state index in [2.05, 4.69) is 10.6 Å². The molecule has 9 heteroatoms. The number of rotatable bonds is 10. The Bertz CT molecular complexity index is 832. The molecule has 4 N–H and O–H groups in total. The number of carbonyl (C=O) groups is 3. The van der Waals surface area contributed by atoms with Gasteiger partial charge in [-0.2, -0.15) is 11.8 Å². The number of hydrogen-bond donors (Lipinski definition) is 3. The molecule has 8 nitrogen and oxygen atoms in total. The number of nitrogens with one attached hydrogen (secondary N) is 2. The fraction of sp³-hybridized carbons (Fsp3) is 0.250. The quantitative estimate of drug-likeness (QED) is 0.511. The summed E-state index contributed by atoms with van der Waals surface area (Å²) in [6.07, 6.45) is 2.22. The lowest BCUT2D eigenvalue weighted by Gasteiger charge is -2.16. The van der Waals surface area contributed by atoms with E-state index in [1.807, 2.05) is 24.5 Å². The number of anilines is 1. The van der Waals surface area contributed by atoms with Gasteiger partial charge in [0.2, 0.25) is 0 Å². The van der Waals surface area contributed by atoms with Crippen molar-refractivity contribution in [3.8, 4) is 11.5 Å². The molecule has 1 atom stereocenters. The summed E-state index contributed by atoms with van der Waals surface area (Å²) < 4.78 is 10.8. The van der Waals surface area contributed by atoms with E-state index in [1.54, 1.807) is 36.4 Å². The summed E-state index contributed by atoms with van der Waals surface area (Å²) >= 11 is 1.51. The van der Waals surface area contributed by atoms with E-state index in [4.69, 9.17) is 15.2 Å². The first-order chi connectivity index (χ1) is 14.0. The second-order valence-corrected chi connectivity index (χ2v) is 6.90. The van der Waals surface area contributed by atoms with Crippen molar-refractivity contribution < 1.29 is 23.9 Å². The lowest BCUT2D eigenvalue weighted by atomic mass is 10.2. The maximum absolute atomic E-state index is 12.2. The van der Waals surface area contributed by atoms with Crippen molar-refractivity contribution in [3.63, 3.8) is 0 Å². The highest BCUT2D eigenvalue weighted by Gasteiger charge is 2.22. The third-order valence-electron chi connectivity index (χ3n) is 3.69. The molecular formula is C20H23N3O5S. The van der Waals surface area contributed by atoms with Crippen LogP contribution in [0.5, 0.6) is 11.5 Å². The molecule has 3 amide bonds. The van der Waals surface area contributed by atoms with Crippen molar-refractivity contribution >= 4 is 35.4 Å². The number of benzene rings is 2. The minimum atomic E-state index is -0.901. The van der Waals surface area contributed by atoms with Gasteiger partial charge < -0.3 is 25.8 Å². The number of thioether (sulfide) groups is 1. The predicted molar refractivity (Wildman–Crippen MR) is 112 cm³/mol. The molecule has 2 rings (SSSR count). The monoisotopic (exact) mass is 417 g/mol. The molecule has 0 fully saturated rings. The molecule has 0 aliphatic heterocycles. The normalized spacial score (nSPS) is 11.2. The zero-order valence-corrected chi connectivity index (χ0v) is 16.7. The minimum Gasteiger partial charge on any atom is -0.455 e. The van der Waals surface area contributed by atoms with Gasteiger partial charge in [-0.3, -0.25) is 4.79 Å². The van der Waals surface area contributed by atoms with E-state index < -0.39 is 30.6 Å². The number of hydrogen-bond acceptors (Lipinski definition) is 6. The first-order valence-corrected chi connectivity index (χ1v) is 10.2. The van der Waals surface area contributed by atoms with Crippen LogP contribution in [0.25, 0.3) is 0 Å². The summed E-state index contributed by atoms with van der Waals surface area (Å²) in [6.45, 7) is -0.505. The summed E-state index contributed by atoms with van der Waals surface area (Å²) in [6, 6.07) is 14.3. The number of ether oxygens (including phenoxy) is 2. The number of urea groups is 1. The zero-order valence-electron chi connectivity index (χ0n) is 15.9. The van der Waals surface area contributed by atoms with Gasteiger partial charge in [-0.25, -0.2) is 9.59 Å². The molecule has 0 bridgehead atoms. The molecule has 0 saturated heterocycles. The van der Waals surface area contributed by atoms with Crippen molar-refractivity contribution in [1.82, 2.24) is 5.32 Å². The molecule has 2 aromatic rings. The molecule has 0 aliphatic rings. The SMILES string of the molecule is CSCC[C@@H](NC(N)=O)C(=O)OCC(=O)Nc1ccccc1Oc1ccccc1. The Balaban J connectivity index is 1.93. The molecule has 0 spiro atoms. The van der Waals surface area contributed by atoms with Crippen LogP contribution in [0.4, 0.5) is 10.5 Å². The highest BCUT2D eigenvalue weighted by Crippen LogP contribution is 2.28. The van der Waals surface area contributed by atoms with Crippen molar-refractivity contribution in [3.05, 3.63) is 54.6 Å². The molecule has 0 aromatic heterocycles. The molecule has 0 aliphatic carbocycles. The number of para-hydroxylation sites is 3. The van der Waals surface area contributed by atoms with E-state index in [-0.39, 0.29) is 0 Å². The number of nitrogens with two attached hydrogens (primary N) is 1. The molecule has 0 unspecified atom stereocenters. The number of primary amides is 1. The average molecular weight is 417 g/mol. The fourth-order valence-electron chi connectivity index (χ4n) is 2.35. The van der Waals surface area contributed by atoms with Crippen molar-refractivity contribution in [2.24, 2.45) is 5.73 Å². The third-order valence-corrected chi connectivity index (χ3v) is 4.33. The summed E-state index contributed by atoms with van der Waals surface area (Å²) in [5.74, 6) is 0.435. The number of carbonyl (C=O) groups excluding carboxylic acids is 3. The van der Waals surface area contributed by atoms with Gasteiger partial charge in [0.25, 0.3) is 5.91 Å². The Kier molecular flexibility index (Phi) is 8.84. The first-order valence-electron chi connectivity index (χ1n) is 8.83. The maximum Gasteiger partial charge on any atom is 0.329 e. The second kappa shape index (κ2) is 11.6. The van der Waals surface area contributed by atoms with Gasteiger partial charge in [0, 0.05) is 0 Å². The molecule has 0 saturated carbocycles. The van der Waals surface area contributed by atoms with Gasteiger partial charge in [0.05, 0.1) is 5.69 Å². The summed E-state index contributed by atoms with van der Waals surface area (Å²) in [7, 11) is 0. The summed E-state index contributed by atoms with van der Waals surface area (Å²) in [5, 5.41) is 4.98. The average Bonchev–Trinajstić information content (AvgIpc) is 2.71.